The normalized spacial score (nSPS) is 12.8. The first-order valence-corrected chi connectivity index (χ1v) is 5.24. The summed E-state index contributed by atoms with van der Waals surface area (Å²) >= 11 is 12.9. The molecular formula is C8H8Cl2O2S. The maximum Gasteiger partial charge on any atom is 0.303 e. The smallest absolute Gasteiger partial charge is 0.303 e. The van der Waals surface area contributed by atoms with Crippen LogP contribution in [0.1, 0.15) is 24.8 Å². The number of hydrogen-bond acceptors (Lipinski definition) is 2. The van der Waals surface area contributed by atoms with Crippen molar-refractivity contribution < 1.29 is 9.90 Å². The lowest BCUT2D eigenvalue weighted by atomic mass is 10.0. The summed E-state index contributed by atoms with van der Waals surface area (Å²) in [6.07, 6.45) is 0.0762. The fourth-order valence-corrected chi connectivity index (χ4v) is 2.75. The van der Waals surface area contributed by atoms with Crippen LogP contribution in [-0.4, -0.2) is 11.1 Å². The molecule has 1 aromatic heterocycles. The molecule has 1 heterocycles. The Morgan fingerprint density at radius 2 is 2.31 bits per heavy atom. The van der Waals surface area contributed by atoms with E-state index in [1.165, 1.54) is 11.3 Å². The minimum absolute atomic E-state index is 0.0762. The zero-order chi connectivity index (χ0) is 10.0. The molecule has 5 heteroatoms. The van der Waals surface area contributed by atoms with E-state index in [2.05, 4.69) is 0 Å². The highest BCUT2D eigenvalue weighted by Gasteiger charge is 2.15. The first-order chi connectivity index (χ1) is 6.00. The SMILES string of the molecule is CC(CC(=O)O)c1cc(Cl)sc1Cl. The third kappa shape index (κ3) is 2.86. The van der Waals surface area contributed by atoms with Gasteiger partial charge < -0.3 is 5.11 Å². The van der Waals surface area contributed by atoms with E-state index in [0.717, 1.165) is 5.56 Å². The molecule has 1 unspecified atom stereocenters. The number of carboxylic acid groups (broad SMARTS) is 1. The lowest BCUT2D eigenvalue weighted by Crippen LogP contribution is -2.01. The van der Waals surface area contributed by atoms with Crippen molar-refractivity contribution in [1.82, 2.24) is 0 Å². The Labute approximate surface area is 90.1 Å². The number of hydrogen-bond donors (Lipinski definition) is 1. The van der Waals surface area contributed by atoms with E-state index in [1.807, 2.05) is 6.92 Å². The Bertz CT molecular complexity index is 322. The van der Waals surface area contributed by atoms with Gasteiger partial charge in [0.25, 0.3) is 0 Å². The molecule has 0 radical (unpaired) electrons. The van der Waals surface area contributed by atoms with Crippen molar-refractivity contribution in [1.29, 1.82) is 0 Å². The van der Waals surface area contributed by atoms with Crippen molar-refractivity contribution in [3.63, 3.8) is 0 Å². The van der Waals surface area contributed by atoms with Gasteiger partial charge in [-0.3, -0.25) is 4.79 Å². The molecule has 0 saturated heterocycles. The first kappa shape index (κ1) is 10.8. The van der Waals surface area contributed by atoms with Crippen LogP contribution in [0, 0.1) is 0 Å². The van der Waals surface area contributed by atoms with Crippen LogP contribution in [0.25, 0.3) is 0 Å². The van der Waals surface area contributed by atoms with E-state index in [1.54, 1.807) is 6.07 Å². The van der Waals surface area contributed by atoms with Gasteiger partial charge in [-0.15, -0.1) is 11.3 Å². The quantitative estimate of drug-likeness (QED) is 0.874. The monoisotopic (exact) mass is 238 g/mol. The molecule has 13 heavy (non-hydrogen) atoms. The fourth-order valence-electron chi connectivity index (χ4n) is 1.06. The molecule has 0 saturated carbocycles. The van der Waals surface area contributed by atoms with Crippen molar-refractivity contribution in [3.05, 3.63) is 20.3 Å². The highest BCUT2D eigenvalue weighted by molar-refractivity contribution is 7.20. The van der Waals surface area contributed by atoms with E-state index in [9.17, 15) is 4.79 Å². The fraction of sp³-hybridized carbons (Fsp3) is 0.375. The molecule has 0 aromatic carbocycles. The zero-order valence-electron chi connectivity index (χ0n) is 6.88. The Hall–Kier alpha value is -0.250. The van der Waals surface area contributed by atoms with Gasteiger partial charge in [0, 0.05) is 0 Å². The van der Waals surface area contributed by atoms with Crippen molar-refractivity contribution in [2.24, 2.45) is 0 Å². The number of thiophene rings is 1. The lowest BCUT2D eigenvalue weighted by molar-refractivity contribution is -0.137. The van der Waals surface area contributed by atoms with Crippen LogP contribution < -0.4 is 0 Å². The summed E-state index contributed by atoms with van der Waals surface area (Å²) in [6.45, 7) is 1.82. The maximum atomic E-state index is 10.4. The molecule has 0 bridgehead atoms. The molecule has 0 fully saturated rings. The average molecular weight is 239 g/mol. The number of carboxylic acids is 1. The van der Waals surface area contributed by atoms with Crippen molar-refractivity contribution in [3.8, 4) is 0 Å². The molecule has 72 valence electrons. The molecule has 0 aliphatic rings. The molecular weight excluding hydrogens is 231 g/mol. The number of halogens is 2. The van der Waals surface area contributed by atoms with Gasteiger partial charge in [0.05, 0.1) is 15.1 Å². The molecule has 1 rings (SSSR count). The third-order valence-electron chi connectivity index (χ3n) is 1.69. The third-order valence-corrected chi connectivity index (χ3v) is 3.21. The largest absolute Gasteiger partial charge is 0.481 e. The molecule has 1 N–H and O–H groups in total. The van der Waals surface area contributed by atoms with Crippen LogP contribution in [0.3, 0.4) is 0 Å². The van der Waals surface area contributed by atoms with E-state index in [-0.39, 0.29) is 12.3 Å². The molecule has 1 aromatic rings. The summed E-state index contributed by atoms with van der Waals surface area (Å²) in [4.78, 5) is 10.4. The Morgan fingerprint density at radius 3 is 2.69 bits per heavy atom. The van der Waals surface area contributed by atoms with Gasteiger partial charge in [0.15, 0.2) is 0 Å². The van der Waals surface area contributed by atoms with Crippen molar-refractivity contribution in [2.45, 2.75) is 19.3 Å². The highest BCUT2D eigenvalue weighted by atomic mass is 35.5. The summed E-state index contributed by atoms with van der Waals surface area (Å²) in [5, 5.41) is 8.57. The predicted molar refractivity (Wildman–Crippen MR) is 55.0 cm³/mol. The topological polar surface area (TPSA) is 37.3 Å². The van der Waals surface area contributed by atoms with Gasteiger partial charge >= 0.3 is 5.97 Å². The van der Waals surface area contributed by atoms with Crippen LogP contribution in [0.15, 0.2) is 6.07 Å². The second kappa shape index (κ2) is 4.31. The van der Waals surface area contributed by atoms with E-state index in [0.29, 0.717) is 8.67 Å². The number of carbonyl (C=O) groups is 1. The summed E-state index contributed by atoms with van der Waals surface area (Å²) in [6, 6.07) is 1.72. The first-order valence-electron chi connectivity index (χ1n) is 3.67. The lowest BCUT2D eigenvalue weighted by Gasteiger charge is -2.05. The van der Waals surface area contributed by atoms with Gasteiger partial charge in [-0.25, -0.2) is 0 Å². The van der Waals surface area contributed by atoms with Gasteiger partial charge in [-0.05, 0) is 17.5 Å². The minimum Gasteiger partial charge on any atom is -0.481 e. The number of rotatable bonds is 3. The van der Waals surface area contributed by atoms with E-state index in [4.69, 9.17) is 28.3 Å². The van der Waals surface area contributed by atoms with Gasteiger partial charge in [-0.2, -0.15) is 0 Å². The average Bonchev–Trinajstić information content (AvgIpc) is 2.28. The van der Waals surface area contributed by atoms with E-state index >= 15 is 0 Å². The van der Waals surface area contributed by atoms with Crippen LogP contribution in [0.2, 0.25) is 8.67 Å². The van der Waals surface area contributed by atoms with Gasteiger partial charge in [0.1, 0.15) is 0 Å². The Balaban J connectivity index is 2.81. The molecule has 2 nitrogen and oxygen atoms in total. The molecule has 0 aliphatic heterocycles. The van der Waals surface area contributed by atoms with Crippen LogP contribution in [-0.2, 0) is 4.79 Å². The second-order valence-corrected chi connectivity index (χ2v) is 5.06. The summed E-state index contributed by atoms with van der Waals surface area (Å²) in [5.41, 5.74) is 0.819. The van der Waals surface area contributed by atoms with Crippen molar-refractivity contribution >= 4 is 40.5 Å². The number of aliphatic carboxylic acids is 1. The maximum absolute atomic E-state index is 10.4. The summed E-state index contributed by atoms with van der Waals surface area (Å²) < 4.78 is 1.18. The van der Waals surface area contributed by atoms with Gasteiger partial charge in [-0.1, -0.05) is 30.1 Å². The summed E-state index contributed by atoms with van der Waals surface area (Å²) in [7, 11) is 0. The Kier molecular flexibility index (Phi) is 3.59. The standard InChI is InChI=1S/C8H8Cl2O2S/c1-4(2-7(11)12)5-3-6(9)13-8(5)10/h3-4H,2H2,1H3,(H,11,12). The molecule has 0 spiro atoms. The second-order valence-electron chi connectivity index (χ2n) is 2.78. The zero-order valence-corrected chi connectivity index (χ0v) is 9.21. The molecule has 0 amide bonds. The molecule has 1 atom stereocenters. The molecule has 0 aliphatic carbocycles. The summed E-state index contributed by atoms with van der Waals surface area (Å²) in [5.74, 6) is -0.917. The van der Waals surface area contributed by atoms with E-state index < -0.39 is 5.97 Å². The highest BCUT2D eigenvalue weighted by Crippen LogP contribution is 2.36. The minimum atomic E-state index is -0.828. The van der Waals surface area contributed by atoms with Crippen LogP contribution in [0.4, 0.5) is 0 Å². The predicted octanol–water partition coefficient (Wildman–Crippen LogP) is 3.63. The van der Waals surface area contributed by atoms with Crippen molar-refractivity contribution in [2.75, 3.05) is 0 Å². The van der Waals surface area contributed by atoms with Crippen LogP contribution >= 0.6 is 34.5 Å². The van der Waals surface area contributed by atoms with Crippen LogP contribution in [0.5, 0.6) is 0 Å². The van der Waals surface area contributed by atoms with Gasteiger partial charge in [0.2, 0.25) is 0 Å². The Morgan fingerprint density at radius 1 is 1.69 bits per heavy atom.